The molecule has 0 atom stereocenters. The molecule has 2 heterocycles. The molecule has 1 saturated heterocycles. The average Bonchev–Trinajstić information content (AvgIpc) is 2.44. The standard InChI is InChI=1S/C13H19BrN4O/c14-10-11(16-9-17-12(10)19)18-7-6-15-8-13(18)4-2-1-3-5-13/h9,15H,1-8H2,(H,16,17,19). The van der Waals surface area contributed by atoms with E-state index in [1.807, 2.05) is 0 Å². The van der Waals surface area contributed by atoms with Crippen LogP contribution in [0.3, 0.4) is 0 Å². The quantitative estimate of drug-likeness (QED) is 0.823. The fourth-order valence-corrected chi connectivity index (χ4v) is 3.82. The van der Waals surface area contributed by atoms with Crippen LogP contribution in [0.4, 0.5) is 5.82 Å². The molecule has 5 nitrogen and oxygen atoms in total. The second-order valence-electron chi connectivity index (χ2n) is 5.48. The maximum absolute atomic E-state index is 11.8. The second-order valence-corrected chi connectivity index (χ2v) is 6.28. The van der Waals surface area contributed by atoms with Crippen LogP contribution in [0, 0.1) is 0 Å². The SMILES string of the molecule is O=c1[nH]cnc(N2CCNCC23CCCCC3)c1Br. The monoisotopic (exact) mass is 326 g/mol. The van der Waals surface area contributed by atoms with Crippen molar-refractivity contribution >= 4 is 21.7 Å². The van der Waals surface area contributed by atoms with Crippen LogP contribution in [0.15, 0.2) is 15.6 Å². The minimum Gasteiger partial charge on any atom is -0.347 e. The van der Waals surface area contributed by atoms with Gasteiger partial charge in [0.15, 0.2) is 5.82 Å². The van der Waals surface area contributed by atoms with Crippen LogP contribution in [-0.4, -0.2) is 35.1 Å². The van der Waals surface area contributed by atoms with Crippen LogP contribution in [0.2, 0.25) is 0 Å². The van der Waals surface area contributed by atoms with Crippen molar-refractivity contribution in [3.63, 3.8) is 0 Å². The van der Waals surface area contributed by atoms with E-state index >= 15 is 0 Å². The summed E-state index contributed by atoms with van der Waals surface area (Å²) in [6, 6.07) is 0. The van der Waals surface area contributed by atoms with E-state index in [1.165, 1.54) is 38.4 Å². The first-order valence-corrected chi connectivity index (χ1v) is 7.74. The molecule has 1 aliphatic carbocycles. The van der Waals surface area contributed by atoms with Crippen molar-refractivity contribution in [2.45, 2.75) is 37.6 Å². The number of piperazine rings is 1. The molecule has 2 fully saturated rings. The fourth-order valence-electron chi connectivity index (χ4n) is 3.39. The lowest BCUT2D eigenvalue weighted by molar-refractivity contribution is 0.239. The Kier molecular flexibility index (Phi) is 3.62. The van der Waals surface area contributed by atoms with E-state index in [1.54, 1.807) is 0 Å². The maximum Gasteiger partial charge on any atom is 0.267 e. The minimum absolute atomic E-state index is 0.102. The number of hydrogen-bond acceptors (Lipinski definition) is 4. The second kappa shape index (κ2) is 5.25. The molecular weight excluding hydrogens is 308 g/mol. The third kappa shape index (κ3) is 2.31. The zero-order valence-corrected chi connectivity index (χ0v) is 12.5. The Hall–Kier alpha value is -0.880. The molecule has 2 aliphatic rings. The molecule has 2 N–H and O–H groups in total. The first-order valence-electron chi connectivity index (χ1n) is 6.94. The predicted octanol–water partition coefficient (Wildman–Crippen LogP) is 1.64. The van der Waals surface area contributed by atoms with Gasteiger partial charge in [0.25, 0.3) is 5.56 Å². The van der Waals surface area contributed by atoms with Crippen LogP contribution in [-0.2, 0) is 0 Å². The Bertz CT molecular complexity index is 501. The molecule has 1 saturated carbocycles. The number of rotatable bonds is 1. The Balaban J connectivity index is 2.00. The summed E-state index contributed by atoms with van der Waals surface area (Å²) in [6.07, 6.45) is 7.71. The molecule has 1 spiro atoms. The Labute approximate surface area is 120 Å². The lowest BCUT2D eigenvalue weighted by Crippen LogP contribution is -2.62. The zero-order chi connectivity index (χ0) is 13.3. The smallest absolute Gasteiger partial charge is 0.267 e. The number of aromatic nitrogens is 2. The molecule has 1 aromatic heterocycles. The number of anilines is 1. The summed E-state index contributed by atoms with van der Waals surface area (Å²) in [5.74, 6) is 0.798. The summed E-state index contributed by atoms with van der Waals surface area (Å²) >= 11 is 3.40. The van der Waals surface area contributed by atoms with Crippen LogP contribution in [0.1, 0.15) is 32.1 Å². The molecule has 0 aromatic carbocycles. The van der Waals surface area contributed by atoms with Crippen molar-refractivity contribution in [3.05, 3.63) is 21.2 Å². The molecule has 0 amide bonds. The molecule has 0 unspecified atom stereocenters. The summed E-state index contributed by atoms with van der Waals surface area (Å²) in [7, 11) is 0. The van der Waals surface area contributed by atoms with E-state index < -0.39 is 0 Å². The van der Waals surface area contributed by atoms with E-state index in [9.17, 15) is 4.79 Å². The highest BCUT2D eigenvalue weighted by Crippen LogP contribution is 2.38. The lowest BCUT2D eigenvalue weighted by Gasteiger charge is -2.50. The Morgan fingerprint density at radius 1 is 1.32 bits per heavy atom. The Morgan fingerprint density at radius 3 is 2.89 bits per heavy atom. The summed E-state index contributed by atoms with van der Waals surface area (Å²) in [4.78, 5) is 21.1. The predicted molar refractivity (Wildman–Crippen MR) is 78.6 cm³/mol. The third-order valence-corrected chi connectivity index (χ3v) is 5.07. The first kappa shape index (κ1) is 13.1. The van der Waals surface area contributed by atoms with Gasteiger partial charge in [-0.1, -0.05) is 19.3 Å². The van der Waals surface area contributed by atoms with E-state index in [4.69, 9.17) is 0 Å². The van der Waals surface area contributed by atoms with Gasteiger partial charge < -0.3 is 15.2 Å². The van der Waals surface area contributed by atoms with Gasteiger partial charge in [-0.2, -0.15) is 0 Å². The van der Waals surface area contributed by atoms with Gasteiger partial charge in [0.05, 0.1) is 11.9 Å². The average molecular weight is 327 g/mol. The van der Waals surface area contributed by atoms with Gasteiger partial charge in [0, 0.05) is 19.6 Å². The Morgan fingerprint density at radius 2 is 2.11 bits per heavy atom. The van der Waals surface area contributed by atoms with Crippen molar-refractivity contribution in [2.75, 3.05) is 24.5 Å². The largest absolute Gasteiger partial charge is 0.347 e. The summed E-state index contributed by atoms with van der Waals surface area (Å²) in [6.45, 7) is 2.85. The highest BCUT2D eigenvalue weighted by Gasteiger charge is 2.41. The van der Waals surface area contributed by atoms with Crippen molar-refractivity contribution in [1.82, 2.24) is 15.3 Å². The summed E-state index contributed by atoms with van der Waals surface area (Å²) in [5, 5.41) is 3.51. The van der Waals surface area contributed by atoms with E-state index in [2.05, 4.69) is 36.1 Å². The van der Waals surface area contributed by atoms with E-state index in [-0.39, 0.29) is 11.1 Å². The number of nitrogens with one attached hydrogen (secondary N) is 2. The van der Waals surface area contributed by atoms with E-state index in [0.29, 0.717) is 4.47 Å². The summed E-state index contributed by atoms with van der Waals surface area (Å²) in [5.41, 5.74) is 0.0364. The van der Waals surface area contributed by atoms with Crippen LogP contribution in [0.25, 0.3) is 0 Å². The van der Waals surface area contributed by atoms with Crippen molar-refractivity contribution in [3.8, 4) is 0 Å². The van der Waals surface area contributed by atoms with Crippen molar-refractivity contribution in [1.29, 1.82) is 0 Å². The molecule has 19 heavy (non-hydrogen) atoms. The summed E-state index contributed by atoms with van der Waals surface area (Å²) < 4.78 is 0.557. The normalized spacial score (nSPS) is 22.7. The molecule has 1 aliphatic heterocycles. The van der Waals surface area contributed by atoms with Gasteiger partial charge in [-0.15, -0.1) is 0 Å². The minimum atomic E-state index is -0.102. The van der Waals surface area contributed by atoms with Crippen LogP contribution in [0.5, 0.6) is 0 Å². The van der Waals surface area contributed by atoms with Gasteiger partial charge in [-0.3, -0.25) is 4.79 Å². The van der Waals surface area contributed by atoms with Crippen molar-refractivity contribution in [2.24, 2.45) is 0 Å². The third-order valence-electron chi connectivity index (χ3n) is 4.36. The molecule has 6 heteroatoms. The number of hydrogen-bond donors (Lipinski definition) is 2. The zero-order valence-electron chi connectivity index (χ0n) is 10.9. The van der Waals surface area contributed by atoms with Gasteiger partial charge in [0.2, 0.25) is 0 Å². The molecular formula is C13H19BrN4O. The lowest BCUT2D eigenvalue weighted by atomic mass is 9.79. The van der Waals surface area contributed by atoms with Crippen LogP contribution >= 0.6 is 15.9 Å². The van der Waals surface area contributed by atoms with Gasteiger partial charge in [0.1, 0.15) is 4.47 Å². The topological polar surface area (TPSA) is 61.0 Å². The maximum atomic E-state index is 11.8. The first-order chi connectivity index (χ1) is 9.23. The highest BCUT2D eigenvalue weighted by molar-refractivity contribution is 9.10. The van der Waals surface area contributed by atoms with Crippen LogP contribution < -0.4 is 15.8 Å². The number of H-pyrrole nitrogens is 1. The molecule has 3 rings (SSSR count). The highest BCUT2D eigenvalue weighted by atomic mass is 79.9. The number of aromatic amines is 1. The molecule has 0 bridgehead atoms. The number of halogens is 1. The van der Waals surface area contributed by atoms with Gasteiger partial charge in [-0.25, -0.2) is 4.98 Å². The van der Waals surface area contributed by atoms with Gasteiger partial charge in [-0.05, 0) is 28.8 Å². The molecule has 0 radical (unpaired) electrons. The fraction of sp³-hybridized carbons (Fsp3) is 0.692. The molecule has 104 valence electrons. The van der Waals surface area contributed by atoms with Gasteiger partial charge >= 0.3 is 0 Å². The van der Waals surface area contributed by atoms with Crippen molar-refractivity contribution < 1.29 is 0 Å². The van der Waals surface area contributed by atoms with E-state index in [0.717, 1.165) is 25.5 Å². The number of nitrogens with zero attached hydrogens (tertiary/aromatic N) is 2. The molecule has 1 aromatic rings.